The molecular formula is C41H41FO17. The molecule has 17 nitrogen and oxygen atoms in total. The topological polar surface area (TPSA) is 212 Å². The summed E-state index contributed by atoms with van der Waals surface area (Å²) >= 11 is 0. The van der Waals surface area contributed by atoms with Crippen LogP contribution in [0.3, 0.4) is 0 Å². The van der Waals surface area contributed by atoms with Crippen LogP contribution in [0.4, 0.5) is 4.39 Å². The van der Waals surface area contributed by atoms with Crippen LogP contribution >= 0.6 is 0 Å². The molecule has 2 aliphatic rings. The Morgan fingerprint density at radius 3 is 1.29 bits per heavy atom. The van der Waals surface area contributed by atoms with E-state index in [4.69, 9.17) is 47.4 Å². The molecule has 3 aromatic carbocycles. The first-order valence-electron chi connectivity index (χ1n) is 18.2. The van der Waals surface area contributed by atoms with Crippen LogP contribution < -0.4 is 0 Å². The third-order valence-electron chi connectivity index (χ3n) is 8.71. The number of alkyl halides is 1. The summed E-state index contributed by atoms with van der Waals surface area (Å²) in [5.74, 6) is -6.47. The molecule has 3 aromatic rings. The molecule has 0 spiro atoms. The molecule has 0 radical (unpaired) electrons. The molecule has 2 aliphatic heterocycles. The highest BCUT2D eigenvalue weighted by Gasteiger charge is 2.56. The first-order chi connectivity index (χ1) is 28.2. The SMILES string of the molecule is CC(=O)OC[C@H]1O[C@@H](OC[C@H]2OC(F)[C@H](OC(=O)c3ccccc3)[C@@H](OC(=O)c3ccccc3)[C@H]2OC(=O)c2ccccc2)[C@H](OC(C)=O)[C@@H](OC(C)=O)[C@H]1OC(C)=O. The van der Waals surface area contributed by atoms with E-state index >= 15 is 4.39 Å². The molecule has 2 fully saturated rings. The molecule has 0 saturated carbocycles. The van der Waals surface area contributed by atoms with E-state index in [1.807, 2.05) is 0 Å². The summed E-state index contributed by atoms with van der Waals surface area (Å²) < 4.78 is 72.7. The number of ether oxygens (including phenoxy) is 10. The predicted octanol–water partition coefficient (Wildman–Crippen LogP) is 3.46. The molecule has 2 saturated heterocycles. The van der Waals surface area contributed by atoms with Crippen molar-refractivity contribution in [1.29, 1.82) is 0 Å². The van der Waals surface area contributed by atoms with Crippen molar-refractivity contribution < 1.29 is 85.3 Å². The Kier molecular flexibility index (Phi) is 15.2. The van der Waals surface area contributed by atoms with E-state index in [0.717, 1.165) is 27.7 Å². The van der Waals surface area contributed by atoms with Gasteiger partial charge in [-0.2, -0.15) is 0 Å². The number of esters is 7. The van der Waals surface area contributed by atoms with E-state index in [2.05, 4.69) is 0 Å². The quantitative estimate of drug-likeness (QED) is 0.168. The Balaban J connectivity index is 1.53. The van der Waals surface area contributed by atoms with Crippen LogP contribution in [0.1, 0.15) is 58.8 Å². The molecule has 10 atom stereocenters. The summed E-state index contributed by atoms with van der Waals surface area (Å²) in [5, 5.41) is 0. The summed E-state index contributed by atoms with van der Waals surface area (Å²) in [4.78, 5) is 89.2. The summed E-state index contributed by atoms with van der Waals surface area (Å²) in [6.45, 7) is 2.81. The molecule has 5 rings (SSSR count). The summed E-state index contributed by atoms with van der Waals surface area (Å²) in [5.41, 5.74) is 0.0563. The van der Waals surface area contributed by atoms with Crippen LogP contribution in [0.25, 0.3) is 0 Å². The van der Waals surface area contributed by atoms with E-state index in [0.29, 0.717) is 0 Å². The Morgan fingerprint density at radius 1 is 0.458 bits per heavy atom. The summed E-state index contributed by atoms with van der Waals surface area (Å²) in [6, 6.07) is 22.7. The normalized spacial score (nSPS) is 26.3. The molecule has 0 bridgehead atoms. The van der Waals surface area contributed by atoms with E-state index < -0.39 is 116 Å². The first-order valence-corrected chi connectivity index (χ1v) is 18.2. The lowest BCUT2D eigenvalue weighted by Gasteiger charge is -2.45. The molecule has 314 valence electrons. The van der Waals surface area contributed by atoms with Crippen molar-refractivity contribution in [2.45, 2.75) is 89.2 Å². The van der Waals surface area contributed by atoms with Crippen LogP contribution in [0.2, 0.25) is 0 Å². The van der Waals surface area contributed by atoms with Gasteiger partial charge in [0.05, 0.1) is 23.3 Å². The minimum absolute atomic E-state index is 0.0137. The van der Waals surface area contributed by atoms with Crippen molar-refractivity contribution in [3.63, 3.8) is 0 Å². The number of carbonyl (C=O) groups is 7. The first kappa shape index (κ1) is 43.9. The van der Waals surface area contributed by atoms with Gasteiger partial charge in [-0.25, -0.2) is 18.8 Å². The zero-order valence-corrected chi connectivity index (χ0v) is 32.2. The summed E-state index contributed by atoms with van der Waals surface area (Å²) in [7, 11) is 0. The number of rotatable bonds is 14. The lowest BCUT2D eigenvalue weighted by atomic mass is 9.97. The maximum atomic E-state index is 16.4. The second-order valence-corrected chi connectivity index (χ2v) is 13.1. The highest BCUT2D eigenvalue weighted by Crippen LogP contribution is 2.34. The maximum Gasteiger partial charge on any atom is 0.338 e. The van der Waals surface area contributed by atoms with Gasteiger partial charge >= 0.3 is 41.8 Å². The Labute approximate surface area is 336 Å². The number of benzene rings is 3. The van der Waals surface area contributed by atoms with Gasteiger partial charge in [0.1, 0.15) is 18.8 Å². The fourth-order valence-corrected chi connectivity index (χ4v) is 6.21. The van der Waals surface area contributed by atoms with Gasteiger partial charge in [0.25, 0.3) is 0 Å². The monoisotopic (exact) mass is 824 g/mol. The highest BCUT2D eigenvalue weighted by molar-refractivity contribution is 5.91. The molecule has 0 aromatic heterocycles. The van der Waals surface area contributed by atoms with Gasteiger partial charge in [0, 0.05) is 27.7 Å². The summed E-state index contributed by atoms with van der Waals surface area (Å²) in [6.07, 6.45) is -17.9. The second-order valence-electron chi connectivity index (χ2n) is 13.1. The number of hydrogen-bond donors (Lipinski definition) is 0. The van der Waals surface area contributed by atoms with Crippen molar-refractivity contribution >= 4 is 41.8 Å². The lowest BCUT2D eigenvalue weighted by molar-refractivity contribution is -0.322. The molecule has 2 heterocycles. The number of carbonyl (C=O) groups excluding carboxylic acids is 7. The van der Waals surface area contributed by atoms with Crippen LogP contribution in [-0.2, 0) is 66.5 Å². The average Bonchev–Trinajstić information content (AvgIpc) is 3.20. The fourth-order valence-electron chi connectivity index (χ4n) is 6.21. The van der Waals surface area contributed by atoms with Crippen molar-refractivity contribution in [3.8, 4) is 0 Å². The largest absolute Gasteiger partial charge is 0.463 e. The predicted molar refractivity (Wildman–Crippen MR) is 195 cm³/mol. The Morgan fingerprint density at radius 2 is 0.831 bits per heavy atom. The van der Waals surface area contributed by atoms with Gasteiger partial charge < -0.3 is 47.4 Å². The van der Waals surface area contributed by atoms with Crippen molar-refractivity contribution in [2.75, 3.05) is 13.2 Å². The molecule has 18 heteroatoms. The van der Waals surface area contributed by atoms with Crippen molar-refractivity contribution in [1.82, 2.24) is 0 Å². The standard InChI is InChI=1S/C41H41FO17/c1-22(43)50-20-30-31(52-23(2)44)34(53-24(3)45)36(54-25(4)46)41(56-30)51-21-29-32(57-38(47)26-14-8-5-9-15-26)33(58-39(48)27-16-10-6-11-17-27)35(37(42)55-29)59-40(49)28-18-12-7-13-19-28/h5-19,29-37,41H,20-21H2,1-4H3/t29-,30-,31+,32+,33+,34+,35-,36-,37?,41-/m1/s1. The van der Waals surface area contributed by atoms with E-state index in [1.54, 1.807) is 54.6 Å². The maximum absolute atomic E-state index is 16.4. The average molecular weight is 825 g/mol. The Hall–Kier alpha value is -6.24. The van der Waals surface area contributed by atoms with Gasteiger partial charge in [-0.3, -0.25) is 19.2 Å². The van der Waals surface area contributed by atoms with E-state index in [-0.39, 0.29) is 16.7 Å². The third kappa shape index (κ3) is 11.9. The van der Waals surface area contributed by atoms with Gasteiger partial charge in [0.15, 0.2) is 42.9 Å². The van der Waals surface area contributed by atoms with Crippen molar-refractivity contribution in [3.05, 3.63) is 108 Å². The molecule has 0 aliphatic carbocycles. The minimum Gasteiger partial charge on any atom is -0.463 e. The number of hydrogen-bond acceptors (Lipinski definition) is 17. The molecule has 1 unspecified atom stereocenters. The van der Waals surface area contributed by atoms with Crippen molar-refractivity contribution in [2.24, 2.45) is 0 Å². The van der Waals surface area contributed by atoms with Crippen LogP contribution in [0.15, 0.2) is 91.0 Å². The van der Waals surface area contributed by atoms with E-state index in [9.17, 15) is 33.6 Å². The van der Waals surface area contributed by atoms with Crippen LogP contribution in [0, 0.1) is 0 Å². The molecule has 0 N–H and O–H groups in total. The smallest absolute Gasteiger partial charge is 0.338 e. The van der Waals surface area contributed by atoms with Gasteiger partial charge in [-0.15, -0.1) is 0 Å². The molecule has 0 amide bonds. The van der Waals surface area contributed by atoms with Crippen LogP contribution in [0.5, 0.6) is 0 Å². The van der Waals surface area contributed by atoms with Gasteiger partial charge in [-0.1, -0.05) is 54.6 Å². The van der Waals surface area contributed by atoms with Gasteiger partial charge in [-0.05, 0) is 36.4 Å². The molecule has 59 heavy (non-hydrogen) atoms. The van der Waals surface area contributed by atoms with Crippen LogP contribution in [-0.4, -0.2) is 116 Å². The zero-order valence-electron chi connectivity index (χ0n) is 32.2. The third-order valence-corrected chi connectivity index (χ3v) is 8.71. The lowest BCUT2D eigenvalue weighted by Crippen LogP contribution is -2.64. The molecular weight excluding hydrogens is 783 g/mol. The Bertz CT molecular complexity index is 1940. The zero-order chi connectivity index (χ0) is 42.6. The van der Waals surface area contributed by atoms with Gasteiger partial charge in [0.2, 0.25) is 6.36 Å². The number of halogens is 1. The fraction of sp³-hybridized carbons (Fsp3) is 0.390. The second kappa shape index (κ2) is 20.4. The van der Waals surface area contributed by atoms with E-state index in [1.165, 1.54) is 36.4 Å². The highest BCUT2D eigenvalue weighted by atomic mass is 19.1. The minimum atomic E-state index is -2.55.